The molecule has 0 aliphatic rings. The van der Waals surface area contributed by atoms with Gasteiger partial charge in [0.2, 0.25) is 0 Å². The average Bonchev–Trinajstić information content (AvgIpc) is 2.78. The highest BCUT2D eigenvalue weighted by Gasteiger charge is 2.12. The minimum absolute atomic E-state index is 0.461. The first-order valence-corrected chi connectivity index (χ1v) is 11.3. The van der Waals surface area contributed by atoms with Crippen molar-refractivity contribution in [3.63, 3.8) is 0 Å². The molecule has 0 fully saturated rings. The summed E-state index contributed by atoms with van der Waals surface area (Å²) in [5.41, 5.74) is 3.98. The van der Waals surface area contributed by atoms with Crippen LogP contribution in [0.2, 0.25) is 5.02 Å². The summed E-state index contributed by atoms with van der Waals surface area (Å²) in [6, 6.07) is 24.2. The molecule has 0 aliphatic carbocycles. The number of benzene rings is 4. The van der Waals surface area contributed by atoms with Crippen molar-refractivity contribution >= 4 is 56.9 Å². The number of aliphatic imine (C=N–C) groups is 1. The van der Waals surface area contributed by atoms with E-state index < -0.39 is 0 Å². The van der Waals surface area contributed by atoms with E-state index in [-0.39, 0.29) is 0 Å². The lowest BCUT2D eigenvalue weighted by molar-refractivity contribution is 0.283. The van der Waals surface area contributed by atoms with Crippen LogP contribution in [0, 0.1) is 10.5 Å². The smallest absolute Gasteiger partial charge is 0.174 e. The van der Waals surface area contributed by atoms with Crippen LogP contribution in [0.5, 0.6) is 11.5 Å². The topological polar surface area (TPSA) is 30.8 Å². The third-order valence-electron chi connectivity index (χ3n) is 5.03. The molecule has 4 rings (SSSR count). The number of nitrogens with zero attached hydrogens (tertiary/aromatic N) is 1. The molecule has 0 unspecified atom stereocenters. The van der Waals surface area contributed by atoms with Gasteiger partial charge >= 0.3 is 0 Å². The fourth-order valence-corrected chi connectivity index (χ4v) is 4.34. The Kier molecular flexibility index (Phi) is 6.78. The fraction of sp³-hybridized carbons (Fsp3) is 0.115. The van der Waals surface area contributed by atoms with Crippen LogP contribution < -0.4 is 9.47 Å². The normalized spacial score (nSPS) is 11.2. The highest BCUT2D eigenvalue weighted by atomic mass is 127. The number of ether oxygens (including phenoxy) is 2. The van der Waals surface area contributed by atoms with Gasteiger partial charge in [0.05, 0.1) is 16.4 Å². The molecular weight excluding hydrogens is 521 g/mol. The third-order valence-corrected chi connectivity index (χ3v) is 6.06. The minimum Gasteiger partial charge on any atom is -0.493 e. The SMILES string of the molecule is COc1cc(C=Nc2cc(Cl)ccc2C)cc(I)c1OCc1cccc2ccccc12. The number of fused-ring (bicyclic) bond motifs is 1. The first kappa shape index (κ1) is 21.7. The van der Waals surface area contributed by atoms with E-state index >= 15 is 0 Å². The van der Waals surface area contributed by atoms with Gasteiger partial charge in [-0.3, -0.25) is 4.99 Å². The number of halogens is 2. The Hall–Kier alpha value is -2.57. The Labute approximate surface area is 200 Å². The van der Waals surface area contributed by atoms with E-state index in [1.54, 1.807) is 7.11 Å². The maximum atomic E-state index is 6.21. The highest BCUT2D eigenvalue weighted by Crippen LogP contribution is 2.35. The van der Waals surface area contributed by atoms with Crippen LogP contribution in [-0.2, 0) is 6.61 Å². The van der Waals surface area contributed by atoms with Crippen LogP contribution in [0.15, 0.2) is 77.8 Å². The van der Waals surface area contributed by atoms with Crippen LogP contribution in [0.4, 0.5) is 5.69 Å². The molecule has 0 saturated carbocycles. The predicted octanol–water partition coefficient (Wildman–Crippen LogP) is 7.74. The monoisotopic (exact) mass is 541 g/mol. The summed E-state index contributed by atoms with van der Waals surface area (Å²) in [7, 11) is 1.65. The van der Waals surface area contributed by atoms with Crippen molar-refractivity contribution in [3.8, 4) is 11.5 Å². The van der Waals surface area contributed by atoms with E-state index in [1.165, 1.54) is 10.8 Å². The maximum Gasteiger partial charge on any atom is 0.174 e. The van der Waals surface area contributed by atoms with E-state index in [9.17, 15) is 0 Å². The Morgan fingerprint density at radius 1 is 1.00 bits per heavy atom. The van der Waals surface area contributed by atoms with Gasteiger partial charge in [-0.15, -0.1) is 0 Å². The molecular formula is C26H21ClINO2. The van der Waals surface area contributed by atoms with Crippen molar-refractivity contribution < 1.29 is 9.47 Å². The molecule has 0 heterocycles. The zero-order valence-electron chi connectivity index (χ0n) is 17.2. The van der Waals surface area contributed by atoms with Crippen molar-refractivity contribution in [2.45, 2.75) is 13.5 Å². The molecule has 0 aromatic heterocycles. The first-order chi connectivity index (χ1) is 15.0. The molecule has 4 aromatic carbocycles. The summed E-state index contributed by atoms with van der Waals surface area (Å²) in [6.07, 6.45) is 1.82. The van der Waals surface area contributed by atoms with Gasteiger partial charge in [-0.05, 0) is 81.2 Å². The summed E-state index contributed by atoms with van der Waals surface area (Å²) < 4.78 is 12.8. The standard InChI is InChI=1S/C26H21ClINO2/c1-17-10-11-21(27)14-24(17)29-15-18-12-23(28)26(25(13-18)30-2)31-16-20-8-5-7-19-6-3-4-9-22(19)20/h3-15H,16H2,1-2H3. The molecule has 0 saturated heterocycles. The lowest BCUT2D eigenvalue weighted by Gasteiger charge is -2.14. The summed E-state index contributed by atoms with van der Waals surface area (Å²) in [5, 5.41) is 3.06. The lowest BCUT2D eigenvalue weighted by Crippen LogP contribution is -2.01. The Bertz CT molecular complexity index is 1260. The third kappa shape index (κ3) is 5.02. The average molecular weight is 542 g/mol. The quantitative estimate of drug-likeness (QED) is 0.185. The van der Waals surface area contributed by atoms with Crippen LogP contribution in [-0.4, -0.2) is 13.3 Å². The van der Waals surface area contributed by atoms with Crippen molar-refractivity contribution in [1.82, 2.24) is 0 Å². The molecule has 31 heavy (non-hydrogen) atoms. The molecule has 0 amide bonds. The van der Waals surface area contributed by atoms with Crippen LogP contribution >= 0.6 is 34.2 Å². The van der Waals surface area contributed by atoms with Crippen molar-refractivity contribution in [1.29, 1.82) is 0 Å². The molecule has 0 bridgehead atoms. The van der Waals surface area contributed by atoms with Crippen molar-refractivity contribution in [2.24, 2.45) is 4.99 Å². The molecule has 0 N–H and O–H groups in total. The van der Waals surface area contributed by atoms with Gasteiger partial charge in [-0.1, -0.05) is 60.1 Å². The summed E-state index contributed by atoms with van der Waals surface area (Å²) in [5.74, 6) is 1.41. The molecule has 3 nitrogen and oxygen atoms in total. The molecule has 5 heteroatoms. The van der Waals surface area contributed by atoms with Gasteiger partial charge < -0.3 is 9.47 Å². The zero-order chi connectivity index (χ0) is 21.8. The van der Waals surface area contributed by atoms with Gasteiger partial charge in [0.15, 0.2) is 11.5 Å². The molecule has 0 atom stereocenters. The molecule has 4 aromatic rings. The predicted molar refractivity (Wildman–Crippen MR) is 137 cm³/mol. The number of rotatable bonds is 6. The Balaban J connectivity index is 1.59. The lowest BCUT2D eigenvalue weighted by atomic mass is 10.1. The zero-order valence-corrected chi connectivity index (χ0v) is 20.1. The molecule has 156 valence electrons. The molecule has 0 radical (unpaired) electrons. The fourth-order valence-electron chi connectivity index (χ4n) is 3.39. The van der Waals surface area contributed by atoms with Crippen LogP contribution in [0.25, 0.3) is 10.8 Å². The second kappa shape index (κ2) is 9.71. The second-order valence-corrected chi connectivity index (χ2v) is 8.75. The second-order valence-electron chi connectivity index (χ2n) is 7.15. The minimum atomic E-state index is 0.461. The Morgan fingerprint density at radius 2 is 1.81 bits per heavy atom. The van der Waals surface area contributed by atoms with Crippen LogP contribution in [0.1, 0.15) is 16.7 Å². The van der Waals surface area contributed by atoms with Crippen LogP contribution in [0.3, 0.4) is 0 Å². The van der Waals surface area contributed by atoms with Crippen molar-refractivity contribution in [2.75, 3.05) is 7.11 Å². The van der Waals surface area contributed by atoms with E-state index in [0.29, 0.717) is 17.4 Å². The van der Waals surface area contributed by atoms with Gasteiger partial charge in [-0.25, -0.2) is 0 Å². The summed E-state index contributed by atoms with van der Waals surface area (Å²) in [6.45, 7) is 2.47. The number of hydrogen-bond acceptors (Lipinski definition) is 3. The summed E-state index contributed by atoms with van der Waals surface area (Å²) in [4.78, 5) is 4.60. The number of aryl methyl sites for hydroxylation is 1. The van der Waals surface area contributed by atoms with Gasteiger partial charge in [0.25, 0.3) is 0 Å². The first-order valence-electron chi connectivity index (χ1n) is 9.82. The van der Waals surface area contributed by atoms with Gasteiger partial charge in [-0.2, -0.15) is 0 Å². The van der Waals surface area contributed by atoms with E-state index in [1.807, 2.05) is 55.6 Å². The largest absolute Gasteiger partial charge is 0.493 e. The summed E-state index contributed by atoms with van der Waals surface area (Å²) >= 11 is 8.38. The van der Waals surface area contributed by atoms with Gasteiger partial charge in [0, 0.05) is 11.2 Å². The Morgan fingerprint density at radius 3 is 2.65 bits per heavy atom. The highest BCUT2D eigenvalue weighted by molar-refractivity contribution is 14.1. The van der Waals surface area contributed by atoms with E-state index in [0.717, 1.165) is 31.7 Å². The van der Waals surface area contributed by atoms with E-state index in [2.05, 4.69) is 57.9 Å². The van der Waals surface area contributed by atoms with Gasteiger partial charge in [0.1, 0.15) is 6.61 Å². The number of hydrogen-bond donors (Lipinski definition) is 0. The maximum absolute atomic E-state index is 6.21. The van der Waals surface area contributed by atoms with E-state index in [4.69, 9.17) is 21.1 Å². The molecule has 0 spiro atoms. The van der Waals surface area contributed by atoms with Crippen molar-refractivity contribution in [3.05, 3.63) is 98.1 Å². The number of methoxy groups -OCH3 is 1. The molecule has 0 aliphatic heterocycles.